The predicted molar refractivity (Wildman–Crippen MR) is 82.8 cm³/mol. The van der Waals surface area contributed by atoms with Crippen molar-refractivity contribution in [3.63, 3.8) is 0 Å². The Morgan fingerprint density at radius 3 is 2.65 bits per heavy atom. The van der Waals surface area contributed by atoms with Crippen molar-refractivity contribution >= 4 is 12.4 Å². The molecule has 0 spiro atoms. The lowest BCUT2D eigenvalue weighted by Gasteiger charge is -2.04. The average Bonchev–Trinajstić information content (AvgIpc) is 2.86. The second-order valence-corrected chi connectivity index (χ2v) is 5.47. The molecule has 0 aliphatic carbocycles. The van der Waals surface area contributed by atoms with E-state index < -0.39 is 0 Å². The number of halogens is 1. The number of aromatic nitrogens is 4. The minimum atomic E-state index is 0. The summed E-state index contributed by atoms with van der Waals surface area (Å²) in [6.07, 6.45) is 4.05. The third-order valence-corrected chi connectivity index (χ3v) is 2.97. The van der Waals surface area contributed by atoms with Gasteiger partial charge in [0.2, 0.25) is 0 Å². The van der Waals surface area contributed by atoms with Gasteiger partial charge in [0.15, 0.2) is 0 Å². The van der Waals surface area contributed by atoms with E-state index in [-0.39, 0.29) is 12.4 Å². The van der Waals surface area contributed by atoms with Gasteiger partial charge < -0.3 is 5.32 Å². The molecule has 0 atom stereocenters. The van der Waals surface area contributed by atoms with E-state index in [1.165, 1.54) is 11.3 Å². The van der Waals surface area contributed by atoms with E-state index in [0.29, 0.717) is 5.92 Å². The molecule has 2 aromatic heterocycles. The van der Waals surface area contributed by atoms with Gasteiger partial charge in [-0.1, -0.05) is 13.8 Å². The summed E-state index contributed by atoms with van der Waals surface area (Å²) in [5.74, 6) is 0.623. The molecule has 0 bridgehead atoms. The van der Waals surface area contributed by atoms with Crippen molar-refractivity contribution in [1.82, 2.24) is 24.9 Å². The van der Waals surface area contributed by atoms with Crippen LogP contribution in [0, 0.1) is 12.8 Å². The second kappa shape index (κ2) is 7.45. The van der Waals surface area contributed by atoms with Gasteiger partial charge in [-0.2, -0.15) is 10.2 Å². The summed E-state index contributed by atoms with van der Waals surface area (Å²) in [5, 5.41) is 12.1. The molecule has 0 saturated heterocycles. The van der Waals surface area contributed by atoms with E-state index in [4.69, 9.17) is 0 Å². The van der Waals surface area contributed by atoms with Crippen molar-refractivity contribution in [2.24, 2.45) is 13.0 Å². The van der Waals surface area contributed by atoms with Crippen molar-refractivity contribution in [1.29, 1.82) is 0 Å². The summed E-state index contributed by atoms with van der Waals surface area (Å²) in [7, 11) is 1.98. The minimum Gasteiger partial charge on any atom is -0.307 e. The van der Waals surface area contributed by atoms with E-state index in [2.05, 4.69) is 41.6 Å². The Bertz CT molecular complexity index is 529. The summed E-state index contributed by atoms with van der Waals surface area (Å²) >= 11 is 0. The lowest BCUT2D eigenvalue weighted by molar-refractivity contribution is 0.482. The molecular formula is C14H24ClN5. The molecule has 6 heteroatoms. The maximum absolute atomic E-state index is 4.36. The Balaban J connectivity index is 0.00000200. The van der Waals surface area contributed by atoms with Crippen LogP contribution in [0.2, 0.25) is 0 Å². The zero-order chi connectivity index (χ0) is 13.8. The molecular weight excluding hydrogens is 274 g/mol. The van der Waals surface area contributed by atoms with Crippen molar-refractivity contribution in [3.05, 3.63) is 35.4 Å². The predicted octanol–water partition coefficient (Wildman–Crippen LogP) is 2.29. The number of rotatable bonds is 6. The highest BCUT2D eigenvalue weighted by Gasteiger charge is 2.03. The molecule has 0 unspecified atom stereocenters. The quantitative estimate of drug-likeness (QED) is 0.890. The fourth-order valence-electron chi connectivity index (χ4n) is 2.14. The van der Waals surface area contributed by atoms with Crippen LogP contribution in [0.15, 0.2) is 18.5 Å². The Kier molecular flexibility index (Phi) is 6.23. The van der Waals surface area contributed by atoms with Crippen LogP contribution in [0.4, 0.5) is 0 Å². The number of nitrogens with one attached hydrogen (secondary N) is 1. The molecule has 2 heterocycles. The fraction of sp³-hybridized carbons (Fsp3) is 0.571. The number of nitrogens with zero attached hydrogens (tertiary/aromatic N) is 4. The largest absolute Gasteiger partial charge is 0.307 e. The molecule has 20 heavy (non-hydrogen) atoms. The SMILES string of the molecule is Cc1cc(CNCc2cnn(CC(C)C)c2)n(C)n1.Cl. The van der Waals surface area contributed by atoms with Crippen LogP contribution in [0.3, 0.4) is 0 Å². The fourth-order valence-corrected chi connectivity index (χ4v) is 2.14. The number of aryl methyl sites for hydroxylation is 2. The number of hydrogen-bond donors (Lipinski definition) is 1. The van der Waals surface area contributed by atoms with Crippen molar-refractivity contribution < 1.29 is 0 Å². The van der Waals surface area contributed by atoms with Crippen LogP contribution >= 0.6 is 12.4 Å². The smallest absolute Gasteiger partial charge is 0.0597 e. The molecule has 0 fully saturated rings. The lowest BCUT2D eigenvalue weighted by Crippen LogP contribution is -2.15. The van der Waals surface area contributed by atoms with Gasteiger partial charge in [0.25, 0.3) is 0 Å². The molecule has 0 radical (unpaired) electrons. The van der Waals surface area contributed by atoms with Crippen LogP contribution < -0.4 is 5.32 Å². The summed E-state index contributed by atoms with van der Waals surface area (Å²) in [6.45, 7) is 9.05. The van der Waals surface area contributed by atoms with Gasteiger partial charge in [0, 0.05) is 38.4 Å². The van der Waals surface area contributed by atoms with Crippen molar-refractivity contribution in [2.45, 2.75) is 40.4 Å². The Hall–Kier alpha value is -1.33. The van der Waals surface area contributed by atoms with E-state index in [1.54, 1.807) is 0 Å². The molecule has 5 nitrogen and oxygen atoms in total. The van der Waals surface area contributed by atoms with E-state index in [9.17, 15) is 0 Å². The Morgan fingerprint density at radius 2 is 2.05 bits per heavy atom. The topological polar surface area (TPSA) is 47.7 Å². The number of hydrogen-bond acceptors (Lipinski definition) is 3. The van der Waals surface area contributed by atoms with Crippen LogP contribution in [0.25, 0.3) is 0 Å². The van der Waals surface area contributed by atoms with Gasteiger partial charge >= 0.3 is 0 Å². The molecule has 112 valence electrons. The van der Waals surface area contributed by atoms with Crippen molar-refractivity contribution in [2.75, 3.05) is 0 Å². The highest BCUT2D eigenvalue weighted by atomic mass is 35.5. The van der Waals surface area contributed by atoms with Crippen LogP contribution in [-0.4, -0.2) is 19.6 Å². The maximum atomic E-state index is 4.36. The molecule has 0 aromatic carbocycles. The lowest BCUT2D eigenvalue weighted by atomic mass is 10.2. The first-order chi connectivity index (χ1) is 9.04. The second-order valence-electron chi connectivity index (χ2n) is 5.47. The first-order valence-electron chi connectivity index (χ1n) is 6.76. The van der Waals surface area contributed by atoms with Gasteiger partial charge in [-0.15, -0.1) is 12.4 Å². The molecule has 0 aliphatic heterocycles. The zero-order valence-electron chi connectivity index (χ0n) is 12.6. The molecule has 0 aliphatic rings. The average molecular weight is 298 g/mol. The third-order valence-electron chi connectivity index (χ3n) is 2.97. The van der Waals surface area contributed by atoms with Gasteiger partial charge in [0.1, 0.15) is 0 Å². The van der Waals surface area contributed by atoms with Crippen LogP contribution in [-0.2, 0) is 26.7 Å². The van der Waals surface area contributed by atoms with Gasteiger partial charge in [-0.3, -0.25) is 9.36 Å². The highest BCUT2D eigenvalue weighted by molar-refractivity contribution is 5.85. The first kappa shape index (κ1) is 16.7. The van der Waals surface area contributed by atoms with E-state index in [1.807, 2.05) is 29.5 Å². The Labute approximate surface area is 126 Å². The molecule has 1 N–H and O–H groups in total. The normalized spacial score (nSPS) is 10.8. The van der Waals surface area contributed by atoms with Crippen LogP contribution in [0.5, 0.6) is 0 Å². The summed E-state index contributed by atoms with van der Waals surface area (Å²) in [4.78, 5) is 0. The summed E-state index contributed by atoms with van der Waals surface area (Å²) in [6, 6.07) is 2.11. The highest BCUT2D eigenvalue weighted by Crippen LogP contribution is 2.04. The van der Waals surface area contributed by atoms with Crippen LogP contribution in [0.1, 0.15) is 30.8 Å². The minimum absolute atomic E-state index is 0. The van der Waals surface area contributed by atoms with Gasteiger partial charge in [0.05, 0.1) is 17.6 Å². The molecule has 0 saturated carbocycles. The molecule has 0 amide bonds. The molecule has 2 aromatic rings. The molecule has 2 rings (SSSR count). The van der Waals surface area contributed by atoms with E-state index >= 15 is 0 Å². The Morgan fingerprint density at radius 1 is 1.30 bits per heavy atom. The standard InChI is InChI=1S/C14H23N5.ClH/c1-11(2)9-19-10-13(7-16-19)6-15-8-14-5-12(3)17-18(14)4;/h5,7,10-11,15H,6,8-9H2,1-4H3;1H. The summed E-state index contributed by atoms with van der Waals surface area (Å²) < 4.78 is 3.93. The monoisotopic (exact) mass is 297 g/mol. The summed E-state index contributed by atoms with van der Waals surface area (Å²) in [5.41, 5.74) is 3.48. The van der Waals surface area contributed by atoms with Gasteiger partial charge in [-0.25, -0.2) is 0 Å². The maximum Gasteiger partial charge on any atom is 0.0597 e. The zero-order valence-corrected chi connectivity index (χ0v) is 13.4. The third kappa shape index (κ3) is 4.65. The van der Waals surface area contributed by atoms with E-state index in [0.717, 1.165) is 25.3 Å². The van der Waals surface area contributed by atoms with Gasteiger partial charge in [-0.05, 0) is 18.9 Å². The first-order valence-corrected chi connectivity index (χ1v) is 6.76. The van der Waals surface area contributed by atoms with Crippen molar-refractivity contribution in [3.8, 4) is 0 Å².